The van der Waals surface area contributed by atoms with Crippen LogP contribution in [0.5, 0.6) is 0 Å². The van der Waals surface area contributed by atoms with E-state index >= 15 is 0 Å². The van der Waals surface area contributed by atoms with Gasteiger partial charge in [-0.05, 0) is 43.3 Å². The molecule has 0 bridgehead atoms. The molecule has 0 atom stereocenters. The predicted molar refractivity (Wildman–Crippen MR) is 72.0 cm³/mol. The van der Waals surface area contributed by atoms with Gasteiger partial charge in [0.25, 0.3) is 0 Å². The van der Waals surface area contributed by atoms with Crippen molar-refractivity contribution in [2.75, 3.05) is 0 Å². The molecule has 0 saturated heterocycles. The van der Waals surface area contributed by atoms with Gasteiger partial charge >= 0.3 is 0 Å². The van der Waals surface area contributed by atoms with Gasteiger partial charge in [0.2, 0.25) is 0 Å². The van der Waals surface area contributed by atoms with Crippen LogP contribution < -0.4 is 0 Å². The molecule has 0 spiro atoms. The summed E-state index contributed by atoms with van der Waals surface area (Å²) in [6, 6.07) is 11.7. The van der Waals surface area contributed by atoms with Crippen LogP contribution in [0.2, 0.25) is 5.02 Å². The van der Waals surface area contributed by atoms with Crippen molar-refractivity contribution < 1.29 is 9.18 Å². The van der Waals surface area contributed by atoms with E-state index in [9.17, 15) is 9.18 Å². The lowest BCUT2D eigenvalue weighted by Gasteiger charge is -2.04. The molecule has 0 unspecified atom stereocenters. The van der Waals surface area contributed by atoms with Crippen LogP contribution in [0.1, 0.15) is 17.3 Å². The lowest BCUT2D eigenvalue weighted by atomic mass is 10.1. The number of Topliss-reactive ketones (excluding diaryl/α,β-unsaturated/α-hetero) is 1. The molecule has 92 valence electrons. The summed E-state index contributed by atoms with van der Waals surface area (Å²) in [5.41, 5.74) is 0.382. The number of rotatable bonds is 3. The van der Waals surface area contributed by atoms with Gasteiger partial charge < -0.3 is 0 Å². The maximum atomic E-state index is 13.8. The van der Waals surface area contributed by atoms with E-state index in [4.69, 9.17) is 11.6 Å². The van der Waals surface area contributed by atoms with E-state index < -0.39 is 0 Å². The normalized spacial score (nSPS) is 10.4. The standard InChI is InChI=1S/C14H10ClFOS/c1-9(17)10-2-7-14(13(16)8-10)18-12-5-3-11(15)4-6-12/h2-8H,1H3. The third-order valence-corrected chi connectivity index (χ3v) is 3.69. The van der Waals surface area contributed by atoms with E-state index in [2.05, 4.69) is 0 Å². The second-order valence-corrected chi connectivity index (χ2v) is 5.31. The zero-order chi connectivity index (χ0) is 13.1. The van der Waals surface area contributed by atoms with Gasteiger partial charge in [0.1, 0.15) is 5.82 Å². The Balaban J connectivity index is 2.24. The first-order chi connectivity index (χ1) is 8.56. The molecule has 0 aromatic heterocycles. The largest absolute Gasteiger partial charge is 0.295 e. The Bertz CT molecular complexity index is 581. The average Bonchev–Trinajstić information content (AvgIpc) is 2.34. The van der Waals surface area contributed by atoms with E-state index in [0.29, 0.717) is 15.5 Å². The highest BCUT2D eigenvalue weighted by Gasteiger charge is 2.07. The topological polar surface area (TPSA) is 17.1 Å². The number of halogens is 2. The molecule has 1 nitrogen and oxygen atoms in total. The van der Waals surface area contributed by atoms with Crippen LogP contribution in [0, 0.1) is 5.82 Å². The fourth-order valence-corrected chi connectivity index (χ4v) is 2.38. The van der Waals surface area contributed by atoms with Gasteiger partial charge in [0.15, 0.2) is 5.78 Å². The maximum Gasteiger partial charge on any atom is 0.159 e. The highest BCUT2D eigenvalue weighted by molar-refractivity contribution is 7.99. The molecular formula is C14H10ClFOS. The Labute approximate surface area is 114 Å². The van der Waals surface area contributed by atoms with E-state index in [1.807, 2.05) is 12.1 Å². The van der Waals surface area contributed by atoms with Crippen LogP contribution in [-0.2, 0) is 0 Å². The number of carbonyl (C=O) groups excluding carboxylic acids is 1. The Morgan fingerprint density at radius 3 is 2.39 bits per heavy atom. The summed E-state index contributed by atoms with van der Waals surface area (Å²) in [6.07, 6.45) is 0. The van der Waals surface area contributed by atoms with Crippen LogP contribution in [0.3, 0.4) is 0 Å². The maximum absolute atomic E-state index is 13.8. The molecule has 0 fully saturated rings. The van der Waals surface area contributed by atoms with Crippen LogP contribution >= 0.6 is 23.4 Å². The quantitative estimate of drug-likeness (QED) is 0.749. The molecule has 0 saturated carbocycles. The Morgan fingerprint density at radius 2 is 1.83 bits per heavy atom. The molecule has 0 amide bonds. The van der Waals surface area contributed by atoms with E-state index in [0.717, 1.165) is 4.90 Å². The van der Waals surface area contributed by atoms with Gasteiger partial charge in [-0.15, -0.1) is 0 Å². The first-order valence-electron chi connectivity index (χ1n) is 5.30. The van der Waals surface area contributed by atoms with Gasteiger partial charge in [-0.25, -0.2) is 4.39 Å². The molecule has 0 radical (unpaired) electrons. The predicted octanol–water partition coefficient (Wildman–Crippen LogP) is 4.83. The van der Waals surface area contributed by atoms with E-state index in [-0.39, 0.29) is 11.6 Å². The van der Waals surface area contributed by atoms with Crippen molar-refractivity contribution in [1.82, 2.24) is 0 Å². The smallest absolute Gasteiger partial charge is 0.159 e. The van der Waals surface area contributed by atoms with Crippen molar-refractivity contribution in [3.8, 4) is 0 Å². The fraction of sp³-hybridized carbons (Fsp3) is 0.0714. The summed E-state index contributed by atoms with van der Waals surface area (Å²) < 4.78 is 13.8. The van der Waals surface area contributed by atoms with Crippen molar-refractivity contribution in [3.63, 3.8) is 0 Å². The number of ketones is 1. The zero-order valence-electron chi connectivity index (χ0n) is 9.61. The number of carbonyl (C=O) groups is 1. The van der Waals surface area contributed by atoms with Crippen LogP contribution in [0.25, 0.3) is 0 Å². The lowest BCUT2D eigenvalue weighted by molar-refractivity contribution is 0.101. The fourth-order valence-electron chi connectivity index (χ4n) is 1.43. The summed E-state index contributed by atoms with van der Waals surface area (Å²) in [5.74, 6) is -0.528. The second kappa shape index (κ2) is 5.55. The SMILES string of the molecule is CC(=O)c1ccc(Sc2ccc(Cl)cc2)c(F)c1. The molecule has 2 aromatic rings. The Hall–Kier alpha value is -1.32. The molecule has 18 heavy (non-hydrogen) atoms. The van der Waals surface area contributed by atoms with E-state index in [1.165, 1.54) is 24.8 Å². The first-order valence-corrected chi connectivity index (χ1v) is 6.49. The molecule has 0 aliphatic heterocycles. The van der Waals surface area contributed by atoms with Gasteiger partial charge in [-0.3, -0.25) is 4.79 Å². The third-order valence-electron chi connectivity index (χ3n) is 2.38. The molecule has 4 heteroatoms. The number of hydrogen-bond donors (Lipinski definition) is 0. The van der Waals surface area contributed by atoms with Crippen molar-refractivity contribution in [2.45, 2.75) is 16.7 Å². The summed E-state index contributed by atoms with van der Waals surface area (Å²) in [4.78, 5) is 12.5. The second-order valence-electron chi connectivity index (χ2n) is 3.76. The monoisotopic (exact) mass is 280 g/mol. The van der Waals surface area contributed by atoms with Crippen LogP contribution in [0.4, 0.5) is 4.39 Å². The Morgan fingerprint density at radius 1 is 1.17 bits per heavy atom. The lowest BCUT2D eigenvalue weighted by Crippen LogP contribution is -1.93. The van der Waals surface area contributed by atoms with Crippen LogP contribution in [0.15, 0.2) is 52.3 Å². The molecule has 2 aromatic carbocycles. The zero-order valence-corrected chi connectivity index (χ0v) is 11.2. The number of hydrogen-bond acceptors (Lipinski definition) is 2. The summed E-state index contributed by atoms with van der Waals surface area (Å²) in [5, 5.41) is 0.645. The number of benzene rings is 2. The minimum Gasteiger partial charge on any atom is -0.295 e. The highest BCUT2D eigenvalue weighted by Crippen LogP contribution is 2.30. The molecule has 2 rings (SSSR count). The third kappa shape index (κ3) is 3.12. The molecule has 0 heterocycles. The summed E-state index contributed by atoms with van der Waals surface area (Å²) in [6.45, 7) is 1.42. The van der Waals surface area contributed by atoms with Gasteiger partial charge in [-0.1, -0.05) is 29.4 Å². The molecule has 0 N–H and O–H groups in total. The van der Waals surface area contributed by atoms with Crippen molar-refractivity contribution in [3.05, 3.63) is 58.9 Å². The average molecular weight is 281 g/mol. The first kappa shape index (κ1) is 13.1. The molecular weight excluding hydrogens is 271 g/mol. The minimum absolute atomic E-state index is 0.142. The highest BCUT2D eigenvalue weighted by atomic mass is 35.5. The van der Waals surface area contributed by atoms with Gasteiger partial charge in [-0.2, -0.15) is 0 Å². The van der Waals surface area contributed by atoms with Gasteiger partial charge in [0.05, 0.1) is 0 Å². The van der Waals surface area contributed by atoms with Crippen molar-refractivity contribution in [2.24, 2.45) is 0 Å². The van der Waals surface area contributed by atoms with Crippen molar-refractivity contribution in [1.29, 1.82) is 0 Å². The summed E-state index contributed by atoms with van der Waals surface area (Å²) >= 11 is 7.08. The minimum atomic E-state index is -0.386. The summed E-state index contributed by atoms with van der Waals surface area (Å²) in [7, 11) is 0. The Kier molecular flexibility index (Phi) is 4.04. The molecule has 0 aliphatic carbocycles. The van der Waals surface area contributed by atoms with Gasteiger partial charge in [0, 0.05) is 20.4 Å². The van der Waals surface area contributed by atoms with Crippen molar-refractivity contribution >= 4 is 29.1 Å². The molecule has 0 aliphatic rings. The van der Waals surface area contributed by atoms with Crippen LogP contribution in [-0.4, -0.2) is 5.78 Å². The van der Waals surface area contributed by atoms with E-state index in [1.54, 1.807) is 24.3 Å².